The van der Waals surface area contributed by atoms with Gasteiger partial charge in [-0.1, -0.05) is 30.3 Å². The van der Waals surface area contributed by atoms with Crippen LogP contribution >= 0.6 is 0 Å². The van der Waals surface area contributed by atoms with E-state index in [0.717, 1.165) is 15.1 Å². The van der Waals surface area contributed by atoms with Crippen molar-refractivity contribution in [3.05, 3.63) is 60.7 Å². The van der Waals surface area contributed by atoms with Gasteiger partial charge in [0.2, 0.25) is 10.0 Å². The van der Waals surface area contributed by atoms with E-state index < -0.39 is 15.9 Å². The third kappa shape index (κ3) is 4.90. The van der Waals surface area contributed by atoms with E-state index in [4.69, 9.17) is 9.47 Å². The first-order valence-corrected chi connectivity index (χ1v) is 10.9. The van der Waals surface area contributed by atoms with E-state index in [1.54, 1.807) is 19.1 Å². The van der Waals surface area contributed by atoms with E-state index in [9.17, 15) is 13.2 Å². The molecule has 0 fully saturated rings. The van der Waals surface area contributed by atoms with E-state index in [0.29, 0.717) is 18.0 Å². The van der Waals surface area contributed by atoms with Crippen LogP contribution in [-0.2, 0) is 14.8 Å². The number of amides is 1. The lowest BCUT2D eigenvalue weighted by Crippen LogP contribution is -2.24. The molecule has 7 nitrogen and oxygen atoms in total. The molecule has 3 aromatic rings. The van der Waals surface area contributed by atoms with Crippen LogP contribution in [0.1, 0.15) is 6.92 Å². The highest BCUT2D eigenvalue weighted by atomic mass is 32.2. The number of carbonyl (C=O) groups excluding carboxylic acids is 1. The van der Waals surface area contributed by atoms with Crippen LogP contribution in [0.15, 0.2) is 65.6 Å². The van der Waals surface area contributed by atoms with Crippen LogP contribution in [-0.4, -0.2) is 45.9 Å². The summed E-state index contributed by atoms with van der Waals surface area (Å²) >= 11 is 0. The number of nitrogens with zero attached hydrogens (tertiary/aromatic N) is 1. The number of rotatable bonds is 8. The number of sulfonamides is 1. The Hall–Kier alpha value is -3.10. The quantitative estimate of drug-likeness (QED) is 0.594. The van der Waals surface area contributed by atoms with Crippen molar-refractivity contribution in [2.75, 3.05) is 32.6 Å². The van der Waals surface area contributed by atoms with Gasteiger partial charge in [0.25, 0.3) is 5.91 Å². The highest BCUT2D eigenvalue weighted by Gasteiger charge is 2.23. The zero-order chi connectivity index (χ0) is 21.7. The van der Waals surface area contributed by atoms with Crippen LogP contribution in [0.2, 0.25) is 0 Å². The van der Waals surface area contributed by atoms with E-state index in [-0.39, 0.29) is 17.3 Å². The van der Waals surface area contributed by atoms with Crippen LogP contribution in [0.4, 0.5) is 5.69 Å². The summed E-state index contributed by atoms with van der Waals surface area (Å²) in [6.07, 6.45) is 0. The van der Waals surface area contributed by atoms with Crippen molar-refractivity contribution in [1.29, 1.82) is 0 Å². The molecule has 1 amide bonds. The monoisotopic (exact) mass is 428 g/mol. The molecule has 0 atom stereocenters. The minimum Gasteiger partial charge on any atom is -0.492 e. The normalized spacial score (nSPS) is 11.5. The van der Waals surface area contributed by atoms with E-state index in [2.05, 4.69) is 5.32 Å². The lowest BCUT2D eigenvalue weighted by atomic mass is 10.1. The van der Waals surface area contributed by atoms with Crippen molar-refractivity contribution in [2.45, 2.75) is 11.8 Å². The molecule has 0 aliphatic rings. The second kappa shape index (κ2) is 9.15. The van der Waals surface area contributed by atoms with E-state index in [1.165, 1.54) is 26.2 Å². The number of carbonyl (C=O) groups is 1. The van der Waals surface area contributed by atoms with E-state index >= 15 is 0 Å². The number of anilines is 1. The third-order valence-corrected chi connectivity index (χ3v) is 6.21. The molecule has 0 radical (unpaired) electrons. The standard InChI is InChI=1S/C22H24N2O5S/c1-4-28-20-12-10-18(14-21(20)30(26,27)24(2)3)23-22(25)15-29-19-11-9-16-7-5-6-8-17(16)13-19/h5-14H,4,15H2,1-3H3,(H,23,25). The molecular formula is C22H24N2O5S. The minimum absolute atomic E-state index is 0.0115. The number of hydrogen-bond acceptors (Lipinski definition) is 5. The first-order valence-electron chi connectivity index (χ1n) is 9.42. The SMILES string of the molecule is CCOc1ccc(NC(=O)COc2ccc3ccccc3c2)cc1S(=O)(=O)N(C)C. The second-order valence-electron chi connectivity index (χ2n) is 6.73. The predicted molar refractivity (Wildman–Crippen MR) is 117 cm³/mol. The zero-order valence-corrected chi connectivity index (χ0v) is 17.9. The summed E-state index contributed by atoms with van der Waals surface area (Å²) in [5, 5.41) is 4.76. The second-order valence-corrected chi connectivity index (χ2v) is 8.85. The van der Waals surface area contributed by atoms with Gasteiger partial charge in [-0.3, -0.25) is 4.79 Å². The van der Waals surface area contributed by atoms with Gasteiger partial charge in [0.1, 0.15) is 16.4 Å². The predicted octanol–water partition coefficient (Wildman–Crippen LogP) is 3.51. The van der Waals surface area contributed by atoms with Crippen molar-refractivity contribution in [3.63, 3.8) is 0 Å². The lowest BCUT2D eigenvalue weighted by molar-refractivity contribution is -0.118. The highest BCUT2D eigenvalue weighted by molar-refractivity contribution is 7.89. The maximum Gasteiger partial charge on any atom is 0.262 e. The Morgan fingerprint density at radius 2 is 1.70 bits per heavy atom. The molecule has 0 heterocycles. The fourth-order valence-electron chi connectivity index (χ4n) is 2.86. The summed E-state index contributed by atoms with van der Waals surface area (Å²) in [6.45, 7) is 1.88. The molecule has 1 N–H and O–H groups in total. The topological polar surface area (TPSA) is 84.9 Å². The van der Waals surface area contributed by atoms with Crippen molar-refractivity contribution in [2.24, 2.45) is 0 Å². The molecule has 3 aromatic carbocycles. The van der Waals surface area contributed by atoms with Crippen LogP contribution in [0.3, 0.4) is 0 Å². The van der Waals surface area contributed by atoms with Crippen molar-refractivity contribution in [3.8, 4) is 11.5 Å². The van der Waals surface area contributed by atoms with Crippen molar-refractivity contribution in [1.82, 2.24) is 4.31 Å². The summed E-state index contributed by atoms with van der Waals surface area (Å²) in [5.74, 6) is 0.406. The van der Waals surface area contributed by atoms with Gasteiger partial charge in [-0.25, -0.2) is 12.7 Å². The summed E-state index contributed by atoms with van der Waals surface area (Å²) < 4.78 is 37.3. The van der Waals surface area contributed by atoms with Gasteiger partial charge in [0, 0.05) is 19.8 Å². The van der Waals surface area contributed by atoms with Crippen molar-refractivity contribution < 1.29 is 22.7 Å². The number of ether oxygens (including phenoxy) is 2. The van der Waals surface area contributed by atoms with Gasteiger partial charge in [0.05, 0.1) is 6.61 Å². The number of fused-ring (bicyclic) bond motifs is 1. The molecule has 0 aromatic heterocycles. The molecule has 0 saturated heterocycles. The van der Waals surface area contributed by atoms with Gasteiger partial charge in [-0.2, -0.15) is 0 Å². The maximum atomic E-state index is 12.6. The third-order valence-electron chi connectivity index (χ3n) is 4.38. The molecular weight excluding hydrogens is 404 g/mol. The molecule has 0 aliphatic heterocycles. The fraction of sp³-hybridized carbons (Fsp3) is 0.227. The first kappa shape index (κ1) is 21.6. The Labute approximate surface area is 176 Å². The van der Waals surface area contributed by atoms with E-state index in [1.807, 2.05) is 36.4 Å². The average Bonchev–Trinajstić information content (AvgIpc) is 2.73. The highest BCUT2D eigenvalue weighted by Crippen LogP contribution is 2.29. The Bertz CT molecular complexity index is 1160. The average molecular weight is 429 g/mol. The van der Waals surface area contributed by atoms with Crippen LogP contribution in [0, 0.1) is 0 Å². The van der Waals surface area contributed by atoms with Gasteiger partial charge in [-0.05, 0) is 48.0 Å². The molecule has 158 valence electrons. The Morgan fingerprint density at radius 3 is 2.40 bits per heavy atom. The van der Waals surface area contributed by atoms with Gasteiger partial charge >= 0.3 is 0 Å². The molecule has 0 unspecified atom stereocenters. The minimum atomic E-state index is -3.74. The summed E-state index contributed by atoms with van der Waals surface area (Å²) in [6, 6.07) is 17.9. The molecule has 0 spiro atoms. The molecule has 8 heteroatoms. The van der Waals surface area contributed by atoms with Crippen molar-refractivity contribution >= 4 is 32.4 Å². The number of hydrogen-bond donors (Lipinski definition) is 1. The summed E-state index contributed by atoms with van der Waals surface area (Å²) in [7, 11) is -0.862. The first-order chi connectivity index (χ1) is 14.3. The Balaban J connectivity index is 1.72. The molecule has 0 bridgehead atoms. The zero-order valence-electron chi connectivity index (χ0n) is 17.1. The van der Waals surface area contributed by atoms with Gasteiger partial charge in [0.15, 0.2) is 6.61 Å². The fourth-order valence-corrected chi connectivity index (χ4v) is 3.91. The van der Waals surface area contributed by atoms with Gasteiger partial charge < -0.3 is 14.8 Å². The molecule has 0 aliphatic carbocycles. The smallest absolute Gasteiger partial charge is 0.262 e. The molecule has 0 saturated carbocycles. The van der Waals surface area contributed by atoms with Crippen LogP contribution < -0.4 is 14.8 Å². The molecule has 3 rings (SSSR count). The maximum absolute atomic E-state index is 12.6. The Kier molecular flexibility index (Phi) is 6.59. The lowest BCUT2D eigenvalue weighted by Gasteiger charge is -2.16. The van der Waals surface area contributed by atoms with Crippen LogP contribution in [0.5, 0.6) is 11.5 Å². The van der Waals surface area contributed by atoms with Crippen LogP contribution in [0.25, 0.3) is 10.8 Å². The summed E-state index contributed by atoms with van der Waals surface area (Å²) in [5.41, 5.74) is 0.339. The van der Waals surface area contributed by atoms with Gasteiger partial charge in [-0.15, -0.1) is 0 Å². The Morgan fingerprint density at radius 1 is 0.967 bits per heavy atom. The number of benzene rings is 3. The number of nitrogens with one attached hydrogen (secondary N) is 1. The largest absolute Gasteiger partial charge is 0.492 e. The molecule has 30 heavy (non-hydrogen) atoms. The summed E-state index contributed by atoms with van der Waals surface area (Å²) in [4.78, 5) is 12.3.